The van der Waals surface area contributed by atoms with E-state index in [1.54, 1.807) is 13.8 Å². The van der Waals surface area contributed by atoms with Crippen molar-refractivity contribution in [3.05, 3.63) is 12.7 Å². The summed E-state index contributed by atoms with van der Waals surface area (Å²) in [6, 6.07) is 0. The molecule has 0 rings (SSSR count). The van der Waals surface area contributed by atoms with Gasteiger partial charge in [0.2, 0.25) is 5.91 Å². The van der Waals surface area contributed by atoms with E-state index in [-0.39, 0.29) is 30.5 Å². The number of nitrogens with one attached hydrogen (secondary N) is 1. The van der Waals surface area contributed by atoms with Crippen molar-refractivity contribution in [2.45, 2.75) is 19.4 Å². The third-order valence-electron chi connectivity index (χ3n) is 1.17. The van der Waals surface area contributed by atoms with E-state index >= 15 is 0 Å². The van der Waals surface area contributed by atoms with E-state index < -0.39 is 16.2 Å². The van der Waals surface area contributed by atoms with Crippen molar-refractivity contribution in [3.63, 3.8) is 0 Å². The Hall–Kier alpha value is -0.243. The Morgan fingerprint density at radius 2 is 2.00 bits per heavy atom. The van der Waals surface area contributed by atoms with Gasteiger partial charge in [0.05, 0.1) is 5.75 Å². The van der Waals surface area contributed by atoms with Crippen LogP contribution in [0.1, 0.15) is 13.8 Å². The molecule has 1 N–H and O–H groups in total. The first kappa shape index (κ1) is 15.2. The summed E-state index contributed by atoms with van der Waals surface area (Å²) < 4.78 is 20.7. The molecule has 72 valence electrons. The second-order valence-corrected chi connectivity index (χ2v) is 4.05. The molecule has 0 aliphatic heterocycles. The number of carbonyl (C=O) groups excluding carboxylic acids is 1. The van der Waals surface area contributed by atoms with Gasteiger partial charge in [0.1, 0.15) is 10.7 Å². The molecule has 0 spiro atoms. The Kier molecular flexibility index (Phi) is 7.32. The standard InChI is InChI=1S/C7H13NO3S.Li.H/c1-4-6(9)8-7(2,3)5-12(10)11;;/h4,12H,1,5H2,2-3H3,(H,8,9);;. The molecule has 0 bridgehead atoms. The van der Waals surface area contributed by atoms with Crippen molar-refractivity contribution in [2.75, 3.05) is 5.75 Å². The van der Waals surface area contributed by atoms with E-state index in [0.29, 0.717) is 0 Å². The first-order valence-electron chi connectivity index (χ1n) is 3.44. The van der Waals surface area contributed by atoms with Crippen LogP contribution in [0, 0.1) is 0 Å². The molecule has 4 nitrogen and oxygen atoms in total. The number of carbonyl (C=O) groups is 1. The second-order valence-electron chi connectivity index (χ2n) is 3.07. The maximum absolute atomic E-state index is 10.8. The van der Waals surface area contributed by atoms with Gasteiger partial charge in [0.25, 0.3) is 0 Å². The van der Waals surface area contributed by atoms with Crippen LogP contribution in [0.25, 0.3) is 0 Å². The van der Waals surface area contributed by atoms with Crippen LogP contribution in [0.15, 0.2) is 12.7 Å². The number of amides is 1. The Bertz CT molecular complexity index is 252. The Morgan fingerprint density at radius 3 is 2.31 bits per heavy atom. The number of rotatable bonds is 4. The number of hydrogen-bond donors (Lipinski definition) is 2. The zero-order chi connectivity index (χ0) is 9.78. The zero-order valence-electron chi connectivity index (χ0n) is 7.16. The van der Waals surface area contributed by atoms with E-state index in [9.17, 15) is 13.2 Å². The Morgan fingerprint density at radius 1 is 1.54 bits per heavy atom. The fourth-order valence-electron chi connectivity index (χ4n) is 0.747. The molecule has 0 aromatic carbocycles. The van der Waals surface area contributed by atoms with Crippen LogP contribution in [-0.2, 0) is 15.5 Å². The summed E-state index contributed by atoms with van der Waals surface area (Å²) in [6.07, 6.45) is 1.11. The fraction of sp³-hybridized carbons (Fsp3) is 0.571. The van der Waals surface area contributed by atoms with E-state index in [4.69, 9.17) is 0 Å². The van der Waals surface area contributed by atoms with Gasteiger partial charge in [-0.1, -0.05) is 6.58 Å². The summed E-state index contributed by atoms with van der Waals surface area (Å²) in [5, 5.41) is 2.50. The molecule has 0 unspecified atom stereocenters. The third-order valence-corrected chi connectivity index (χ3v) is 2.22. The molecule has 0 aromatic rings. The molecular weight excluding hydrogens is 185 g/mol. The van der Waals surface area contributed by atoms with Crippen molar-refractivity contribution in [3.8, 4) is 0 Å². The molecule has 0 aliphatic rings. The molecule has 13 heavy (non-hydrogen) atoms. The van der Waals surface area contributed by atoms with Crippen LogP contribution < -0.4 is 5.32 Å². The third kappa shape index (κ3) is 8.10. The summed E-state index contributed by atoms with van der Waals surface area (Å²) >= 11 is 0. The summed E-state index contributed by atoms with van der Waals surface area (Å²) in [5.74, 6) is -0.432. The van der Waals surface area contributed by atoms with Gasteiger partial charge in [-0.25, -0.2) is 8.42 Å². The summed E-state index contributed by atoms with van der Waals surface area (Å²) in [4.78, 5) is 10.8. The first-order valence-corrected chi connectivity index (χ1v) is 4.80. The van der Waals surface area contributed by atoms with Crippen LogP contribution in [0.3, 0.4) is 0 Å². The Labute approximate surface area is 91.9 Å². The molecule has 0 fully saturated rings. The van der Waals surface area contributed by atoms with Crippen LogP contribution in [0.4, 0.5) is 0 Å². The molecule has 0 saturated carbocycles. The molecule has 0 aromatic heterocycles. The normalized spacial score (nSPS) is 10.4. The maximum atomic E-state index is 10.8. The molecule has 1 amide bonds. The molecule has 0 aliphatic carbocycles. The Balaban J connectivity index is 0. The molecule has 0 atom stereocenters. The van der Waals surface area contributed by atoms with Crippen molar-refractivity contribution in [1.82, 2.24) is 5.32 Å². The number of thiol groups is 1. The predicted molar refractivity (Wildman–Crippen MR) is 54.7 cm³/mol. The fourth-order valence-corrected chi connectivity index (χ4v) is 1.47. The summed E-state index contributed by atoms with van der Waals surface area (Å²) in [7, 11) is -2.47. The van der Waals surface area contributed by atoms with Crippen LogP contribution >= 0.6 is 0 Å². The minimum absolute atomic E-state index is 0. The topological polar surface area (TPSA) is 63.2 Å². The SMILES string of the molecule is C=CC(=O)NC(C)(C)C[SH](=O)=O.[LiH]. The zero-order valence-corrected chi connectivity index (χ0v) is 8.06. The van der Waals surface area contributed by atoms with Gasteiger partial charge >= 0.3 is 18.9 Å². The van der Waals surface area contributed by atoms with Gasteiger partial charge in [-0.05, 0) is 19.9 Å². The summed E-state index contributed by atoms with van der Waals surface area (Å²) in [5.41, 5.74) is -0.722. The van der Waals surface area contributed by atoms with Crippen LogP contribution in [0.2, 0.25) is 0 Å². The van der Waals surface area contributed by atoms with E-state index in [1.807, 2.05) is 0 Å². The van der Waals surface area contributed by atoms with Crippen molar-refractivity contribution >= 4 is 35.5 Å². The molecule has 0 saturated heterocycles. The van der Waals surface area contributed by atoms with Crippen LogP contribution in [0.5, 0.6) is 0 Å². The van der Waals surface area contributed by atoms with Gasteiger partial charge in [0.15, 0.2) is 0 Å². The minimum atomic E-state index is -2.47. The van der Waals surface area contributed by atoms with E-state index in [2.05, 4.69) is 11.9 Å². The first-order chi connectivity index (χ1) is 5.37. The predicted octanol–water partition coefficient (Wildman–Crippen LogP) is -0.970. The van der Waals surface area contributed by atoms with Gasteiger partial charge in [-0.2, -0.15) is 0 Å². The molecule has 0 radical (unpaired) electrons. The molecular formula is C7H14LiNO3S. The van der Waals surface area contributed by atoms with Crippen molar-refractivity contribution in [1.29, 1.82) is 0 Å². The van der Waals surface area contributed by atoms with Crippen LogP contribution in [-0.4, -0.2) is 44.5 Å². The second kappa shape index (κ2) is 6.25. The number of hydrogen-bond acceptors (Lipinski definition) is 3. The van der Waals surface area contributed by atoms with Crippen molar-refractivity contribution in [2.24, 2.45) is 0 Å². The van der Waals surface area contributed by atoms with Gasteiger partial charge < -0.3 is 5.32 Å². The van der Waals surface area contributed by atoms with Crippen molar-refractivity contribution < 1.29 is 13.2 Å². The van der Waals surface area contributed by atoms with Gasteiger partial charge in [-0.15, -0.1) is 0 Å². The van der Waals surface area contributed by atoms with E-state index in [1.165, 1.54) is 0 Å². The summed E-state index contributed by atoms with van der Waals surface area (Å²) in [6.45, 7) is 6.54. The van der Waals surface area contributed by atoms with Gasteiger partial charge in [0, 0.05) is 5.54 Å². The average Bonchev–Trinajstić information content (AvgIpc) is 1.83. The monoisotopic (exact) mass is 199 g/mol. The molecule has 6 heteroatoms. The quantitative estimate of drug-likeness (QED) is 0.348. The molecule has 0 heterocycles. The average molecular weight is 199 g/mol. The van der Waals surface area contributed by atoms with E-state index in [0.717, 1.165) is 6.08 Å². The van der Waals surface area contributed by atoms with Gasteiger partial charge in [-0.3, -0.25) is 4.79 Å².